The van der Waals surface area contributed by atoms with Gasteiger partial charge in [-0.25, -0.2) is 0 Å². The first kappa shape index (κ1) is 94.1. The lowest BCUT2D eigenvalue weighted by molar-refractivity contribution is -0.206. The molecule has 0 fully saturated rings. The Labute approximate surface area is 596 Å². The quantitative estimate of drug-likeness (QED) is 0.0155. The van der Waals surface area contributed by atoms with E-state index in [1.165, 1.54) is 25.7 Å². The van der Waals surface area contributed by atoms with Gasteiger partial charge in [-0.05, 0) is 38.6 Å². The van der Waals surface area contributed by atoms with Crippen LogP contribution >= 0.6 is 0 Å². The number of esters is 4. The fourth-order valence-electron chi connectivity index (χ4n) is 11.4. The zero-order chi connectivity index (χ0) is 72.3. The van der Waals surface area contributed by atoms with Crippen LogP contribution in [0, 0.1) is 23.7 Å². The zero-order valence-corrected chi connectivity index (χ0v) is 63.8. The molecule has 0 radical (unpaired) electrons. The minimum absolute atomic E-state index is 0.0180. The summed E-state index contributed by atoms with van der Waals surface area (Å²) >= 11 is 0. The first-order valence-electron chi connectivity index (χ1n) is 39.5. The number of methoxy groups -OCH3 is 1. The SMILES string of the molecule is CCCCCCCCCC(C)C(=O)OC(C(=O)CCCNCCNCCNCCNC(=O)COCCOC)C(OC(=O)C(C)CCCCCCCCC)C(OC(=O)C(C)CCCCCCCCC)C(OC(=O)C(C)CCCCCCCCC)C(=O)NCCNCCNCCNCCN. The van der Waals surface area contributed by atoms with Crippen LogP contribution in [0.4, 0.5) is 0 Å². The third kappa shape index (κ3) is 53.9. The van der Waals surface area contributed by atoms with Gasteiger partial charge < -0.3 is 76.7 Å². The maximum absolute atomic E-state index is 15.4. The summed E-state index contributed by atoms with van der Waals surface area (Å²) in [6, 6.07) is 0. The van der Waals surface area contributed by atoms with E-state index in [9.17, 15) is 24.0 Å². The van der Waals surface area contributed by atoms with Gasteiger partial charge in [0.15, 0.2) is 18.0 Å². The van der Waals surface area contributed by atoms with Gasteiger partial charge in [0.25, 0.3) is 5.91 Å². The highest BCUT2D eigenvalue weighted by molar-refractivity contribution is 5.89. The Morgan fingerprint density at radius 1 is 0.337 bits per heavy atom. The van der Waals surface area contributed by atoms with E-state index < -0.39 is 83.7 Å². The lowest BCUT2D eigenvalue weighted by Gasteiger charge is -2.36. The Hall–Kier alpha value is -3.87. The summed E-state index contributed by atoms with van der Waals surface area (Å²) in [5, 5.41) is 25.8. The second-order valence-corrected chi connectivity index (χ2v) is 27.3. The molecule has 0 aliphatic rings. The summed E-state index contributed by atoms with van der Waals surface area (Å²) in [6.45, 7) is 25.0. The predicted molar refractivity (Wildman–Crippen MR) is 396 cm³/mol. The molecule has 0 aliphatic carbocycles. The highest BCUT2D eigenvalue weighted by Crippen LogP contribution is 2.28. The molecule has 0 saturated heterocycles. The number of unbranched alkanes of at least 4 members (excludes halogenated alkanes) is 24. The smallest absolute Gasteiger partial charge is 0.309 e. The Balaban J connectivity index is 7.63. The second kappa shape index (κ2) is 68.9. The van der Waals surface area contributed by atoms with Gasteiger partial charge >= 0.3 is 23.9 Å². The number of rotatable bonds is 74. The van der Waals surface area contributed by atoms with E-state index in [-0.39, 0.29) is 25.5 Å². The Morgan fingerprint density at radius 2 is 0.643 bits per heavy atom. The molecule has 8 unspecified atom stereocenters. The minimum Gasteiger partial charge on any atom is -0.454 e. The zero-order valence-electron chi connectivity index (χ0n) is 63.8. The van der Waals surface area contributed by atoms with Crippen molar-refractivity contribution >= 4 is 41.5 Å². The van der Waals surface area contributed by atoms with E-state index in [1.54, 1.807) is 34.8 Å². The van der Waals surface area contributed by atoms with Crippen LogP contribution in [0.15, 0.2) is 0 Å². The van der Waals surface area contributed by atoms with Crippen LogP contribution in [0.25, 0.3) is 0 Å². The molecule has 0 aromatic rings. The van der Waals surface area contributed by atoms with Crippen molar-refractivity contribution in [2.45, 2.75) is 298 Å². The van der Waals surface area contributed by atoms with Crippen molar-refractivity contribution < 1.29 is 62.0 Å². The minimum atomic E-state index is -1.94. The maximum Gasteiger partial charge on any atom is 0.309 e. The Morgan fingerprint density at radius 3 is 1.01 bits per heavy atom. The number of hydrogen-bond donors (Lipinski definition) is 9. The monoisotopic (exact) mass is 1400 g/mol. The van der Waals surface area contributed by atoms with Crippen LogP contribution in [0.1, 0.15) is 274 Å². The van der Waals surface area contributed by atoms with Gasteiger partial charge in [-0.15, -0.1) is 0 Å². The van der Waals surface area contributed by atoms with E-state index in [0.29, 0.717) is 117 Å². The molecule has 0 spiro atoms. The van der Waals surface area contributed by atoms with Gasteiger partial charge in [-0.1, -0.05) is 235 Å². The first-order chi connectivity index (χ1) is 47.6. The molecule has 2 amide bonds. The Kier molecular flexibility index (Phi) is 66.2. The predicted octanol–water partition coefficient (Wildman–Crippen LogP) is 10.5. The van der Waals surface area contributed by atoms with E-state index in [2.05, 4.69) is 70.2 Å². The molecule has 22 heteroatoms. The highest BCUT2D eigenvalue weighted by atomic mass is 16.6. The molecule has 0 saturated carbocycles. The lowest BCUT2D eigenvalue weighted by atomic mass is 9.94. The Bertz CT molecular complexity index is 1930. The summed E-state index contributed by atoms with van der Waals surface area (Å²) in [6.07, 6.45) is 23.3. The van der Waals surface area contributed by atoms with Crippen LogP contribution in [0.2, 0.25) is 0 Å². The van der Waals surface area contributed by atoms with Crippen LogP contribution in [-0.2, 0) is 62.0 Å². The van der Waals surface area contributed by atoms with Crippen LogP contribution in [0.5, 0.6) is 0 Å². The number of carbonyl (C=O) groups is 7. The van der Waals surface area contributed by atoms with E-state index in [4.69, 9.17) is 34.2 Å². The molecule has 0 aliphatic heterocycles. The largest absolute Gasteiger partial charge is 0.454 e. The molecule has 576 valence electrons. The van der Waals surface area contributed by atoms with Crippen LogP contribution in [0.3, 0.4) is 0 Å². The van der Waals surface area contributed by atoms with E-state index in [0.717, 1.165) is 174 Å². The average Bonchev–Trinajstić information content (AvgIpc) is 0.802. The molecule has 10 N–H and O–H groups in total. The van der Waals surface area contributed by atoms with Crippen LogP contribution < -0.4 is 48.3 Å². The number of amides is 2. The summed E-state index contributed by atoms with van der Waals surface area (Å²) in [5.74, 6) is -7.20. The number of ketones is 1. The molecule has 0 rings (SSSR count). The molecular weight excluding hydrogens is 1250 g/mol. The maximum atomic E-state index is 15.4. The molecule has 22 nitrogen and oxygen atoms in total. The molecule has 98 heavy (non-hydrogen) atoms. The summed E-state index contributed by atoms with van der Waals surface area (Å²) in [5.41, 5.74) is 5.62. The number of ether oxygens (including phenoxy) is 6. The van der Waals surface area contributed by atoms with Crippen molar-refractivity contribution in [1.29, 1.82) is 0 Å². The summed E-state index contributed by atoms with van der Waals surface area (Å²) in [4.78, 5) is 102. The topological polar surface area (TPSA) is 297 Å². The van der Waals surface area contributed by atoms with Crippen molar-refractivity contribution in [3.63, 3.8) is 0 Å². The first-order valence-corrected chi connectivity index (χ1v) is 39.5. The molecule has 8 atom stereocenters. The number of Topliss-reactive ketones (excluding diaryl/α,β-unsaturated/α-hetero) is 1. The number of carbonyl (C=O) groups excluding carboxylic acids is 7. The van der Waals surface area contributed by atoms with Gasteiger partial charge in [0.05, 0.1) is 36.9 Å². The van der Waals surface area contributed by atoms with Gasteiger partial charge in [0, 0.05) is 105 Å². The second-order valence-electron chi connectivity index (χ2n) is 27.3. The van der Waals surface area contributed by atoms with E-state index >= 15 is 9.59 Å². The third-order valence-corrected chi connectivity index (χ3v) is 18.0. The lowest BCUT2D eigenvalue weighted by Crippen LogP contribution is -2.59. The number of nitrogens with two attached hydrogens (primary N) is 1. The molecule has 0 heterocycles. The van der Waals surface area contributed by atoms with Gasteiger partial charge in [-0.3, -0.25) is 33.6 Å². The third-order valence-electron chi connectivity index (χ3n) is 18.0. The van der Waals surface area contributed by atoms with E-state index in [1.807, 2.05) is 0 Å². The normalized spacial score (nSPS) is 14.0. The van der Waals surface area contributed by atoms with Gasteiger partial charge in [0.1, 0.15) is 6.61 Å². The average molecular weight is 1400 g/mol. The molecule has 0 aromatic heterocycles. The van der Waals surface area contributed by atoms with Crippen molar-refractivity contribution in [3.05, 3.63) is 0 Å². The highest BCUT2D eigenvalue weighted by Gasteiger charge is 2.50. The van der Waals surface area contributed by atoms with Crippen molar-refractivity contribution in [2.24, 2.45) is 29.4 Å². The number of nitrogens with one attached hydrogen (secondary N) is 8. The summed E-state index contributed by atoms with van der Waals surface area (Å²) in [7, 11) is 1.58. The molecule has 0 aromatic carbocycles. The number of hydrogen-bond acceptors (Lipinski definition) is 20. The van der Waals surface area contributed by atoms with Crippen molar-refractivity contribution in [1.82, 2.24) is 42.5 Å². The summed E-state index contributed by atoms with van der Waals surface area (Å²) < 4.78 is 36.2. The fraction of sp³-hybridized carbons (Fsp3) is 0.908. The standard InChI is InChI=1S/C76H149N9O13/c1-10-14-18-22-26-30-34-39-62(5)73(89)95-68(66(86)43-38-45-78-47-49-80-51-53-82-55-57-84-67(87)61-94-60-59-93-9)69(96-74(90)63(6)40-35-31-27-23-19-15-11-2)70(97-75(91)64(7)41-36-32-28-24-20-16-12-3)71(98-76(92)65(8)42-37-33-29-25-21-17-13-4)72(88)85-58-56-83-54-52-81-50-48-79-46-44-77/h62-65,68-71,78-83H,10-61,77H2,1-9H3,(H,84,87)(H,85,88). The van der Waals surface area contributed by atoms with Crippen molar-refractivity contribution in [2.75, 3.05) is 125 Å². The fourth-order valence-corrected chi connectivity index (χ4v) is 11.4. The molecule has 0 bridgehead atoms. The van der Waals surface area contributed by atoms with Crippen molar-refractivity contribution in [3.8, 4) is 0 Å². The van der Waals surface area contributed by atoms with Crippen LogP contribution in [-0.4, -0.2) is 191 Å². The van der Waals surface area contributed by atoms with Gasteiger partial charge in [0.2, 0.25) is 18.1 Å². The molecular formula is C76H149N9O13. The van der Waals surface area contributed by atoms with Gasteiger partial charge in [-0.2, -0.15) is 0 Å².